The molecule has 3 heteroatoms. The number of rotatable bonds is 4. The van der Waals surface area contributed by atoms with Crippen molar-refractivity contribution in [2.75, 3.05) is 32.5 Å². The van der Waals surface area contributed by atoms with E-state index in [1.807, 2.05) is 6.07 Å². The van der Waals surface area contributed by atoms with E-state index < -0.39 is 0 Å². The summed E-state index contributed by atoms with van der Waals surface area (Å²) in [4.78, 5) is 2.50. The molecular weight excluding hydrogens is 224 g/mol. The van der Waals surface area contributed by atoms with Crippen LogP contribution in [-0.2, 0) is 16.7 Å². The summed E-state index contributed by atoms with van der Waals surface area (Å²) in [5, 5.41) is 0. The molecule has 0 saturated carbocycles. The van der Waals surface area contributed by atoms with Gasteiger partial charge in [0.15, 0.2) is 0 Å². The summed E-state index contributed by atoms with van der Waals surface area (Å²) in [6.45, 7) is 8.66. The van der Waals surface area contributed by atoms with Gasteiger partial charge in [-0.15, -0.1) is 0 Å². The van der Waals surface area contributed by atoms with Crippen LogP contribution in [-0.4, -0.2) is 31.7 Å². The average Bonchev–Trinajstić information content (AvgIpc) is 2.27. The second kappa shape index (κ2) is 5.29. The molecule has 0 atom stereocenters. The van der Waals surface area contributed by atoms with Crippen LogP contribution in [0.25, 0.3) is 0 Å². The Labute approximate surface area is 110 Å². The molecule has 18 heavy (non-hydrogen) atoms. The van der Waals surface area contributed by atoms with Crippen LogP contribution in [0.3, 0.4) is 0 Å². The predicted molar refractivity (Wildman–Crippen MR) is 75.7 cm³/mol. The average molecular weight is 248 g/mol. The van der Waals surface area contributed by atoms with E-state index >= 15 is 0 Å². The molecule has 0 bridgehead atoms. The van der Waals surface area contributed by atoms with Crippen molar-refractivity contribution >= 4 is 5.69 Å². The van der Waals surface area contributed by atoms with Crippen LogP contribution >= 0.6 is 0 Å². The molecule has 0 saturated heterocycles. The minimum atomic E-state index is 0.203. The molecule has 1 aromatic rings. The second-order valence-electron chi connectivity index (χ2n) is 5.86. The number of methoxy groups -OCH3 is 1. The van der Waals surface area contributed by atoms with Gasteiger partial charge in [0.2, 0.25) is 0 Å². The molecule has 0 aliphatic carbocycles. The first-order chi connectivity index (χ1) is 8.53. The van der Waals surface area contributed by atoms with Gasteiger partial charge >= 0.3 is 0 Å². The number of nitrogens with zero attached hydrogens (tertiary/aromatic N) is 1. The molecule has 2 N–H and O–H groups in total. The fraction of sp³-hybridized carbons (Fsp3) is 0.600. The van der Waals surface area contributed by atoms with Crippen molar-refractivity contribution < 1.29 is 4.74 Å². The van der Waals surface area contributed by atoms with Gasteiger partial charge in [-0.05, 0) is 29.7 Å². The molecule has 1 aromatic carbocycles. The highest BCUT2D eigenvalue weighted by Gasteiger charge is 2.31. The van der Waals surface area contributed by atoms with Gasteiger partial charge in [-0.25, -0.2) is 0 Å². The highest BCUT2D eigenvalue weighted by atomic mass is 16.5. The number of ether oxygens (including phenoxy) is 1. The highest BCUT2D eigenvalue weighted by molar-refractivity contribution is 5.48. The normalized spacial score (nSPS) is 18.6. The number of hydrogen-bond donors (Lipinski definition) is 1. The van der Waals surface area contributed by atoms with Crippen LogP contribution in [0.4, 0.5) is 5.69 Å². The first kappa shape index (κ1) is 13.4. The molecule has 2 rings (SSSR count). The van der Waals surface area contributed by atoms with Gasteiger partial charge < -0.3 is 10.5 Å². The molecule has 0 unspecified atom stereocenters. The van der Waals surface area contributed by atoms with Crippen LogP contribution in [0, 0.1) is 0 Å². The molecule has 3 nitrogen and oxygen atoms in total. The number of fused-ring (bicyclic) bond motifs is 1. The van der Waals surface area contributed by atoms with Gasteiger partial charge in [-0.1, -0.05) is 19.9 Å². The molecule has 1 aliphatic rings. The van der Waals surface area contributed by atoms with Gasteiger partial charge in [0.25, 0.3) is 0 Å². The van der Waals surface area contributed by atoms with Crippen LogP contribution in [0.15, 0.2) is 18.2 Å². The lowest BCUT2D eigenvalue weighted by molar-refractivity contribution is 0.149. The summed E-state index contributed by atoms with van der Waals surface area (Å²) in [5.74, 6) is 0. The summed E-state index contributed by atoms with van der Waals surface area (Å²) in [5.41, 5.74) is 9.79. The van der Waals surface area contributed by atoms with Crippen molar-refractivity contribution in [3.63, 3.8) is 0 Å². The van der Waals surface area contributed by atoms with Crippen molar-refractivity contribution in [1.29, 1.82) is 0 Å². The Bertz CT molecular complexity index is 415. The Morgan fingerprint density at radius 3 is 2.89 bits per heavy atom. The SMILES string of the molecule is COCCCN1Cc2cc(N)ccc2C(C)(C)C1. The molecule has 1 aliphatic heterocycles. The summed E-state index contributed by atoms with van der Waals surface area (Å²) in [7, 11) is 1.76. The van der Waals surface area contributed by atoms with E-state index in [1.165, 1.54) is 11.1 Å². The third-order valence-electron chi connectivity index (χ3n) is 3.69. The third kappa shape index (κ3) is 2.85. The largest absolute Gasteiger partial charge is 0.399 e. The lowest BCUT2D eigenvalue weighted by atomic mass is 9.78. The lowest BCUT2D eigenvalue weighted by Gasteiger charge is -2.40. The zero-order valence-electron chi connectivity index (χ0n) is 11.7. The maximum atomic E-state index is 5.90. The fourth-order valence-electron chi connectivity index (χ4n) is 2.94. The minimum Gasteiger partial charge on any atom is -0.399 e. The quantitative estimate of drug-likeness (QED) is 0.657. The summed E-state index contributed by atoms with van der Waals surface area (Å²) in [6, 6.07) is 6.33. The fourth-order valence-corrected chi connectivity index (χ4v) is 2.94. The predicted octanol–water partition coefficient (Wildman–Crippen LogP) is 2.40. The van der Waals surface area contributed by atoms with Gasteiger partial charge in [0.05, 0.1) is 0 Å². The first-order valence-electron chi connectivity index (χ1n) is 6.63. The molecule has 0 fully saturated rings. The van der Waals surface area contributed by atoms with Gasteiger partial charge in [0, 0.05) is 44.5 Å². The zero-order valence-corrected chi connectivity index (χ0v) is 11.7. The van der Waals surface area contributed by atoms with Crippen molar-refractivity contribution in [2.24, 2.45) is 0 Å². The van der Waals surface area contributed by atoms with E-state index in [4.69, 9.17) is 10.5 Å². The lowest BCUT2D eigenvalue weighted by Crippen LogP contribution is -2.42. The van der Waals surface area contributed by atoms with Gasteiger partial charge in [-0.3, -0.25) is 4.90 Å². The Morgan fingerprint density at radius 1 is 1.39 bits per heavy atom. The van der Waals surface area contributed by atoms with Crippen molar-refractivity contribution in [3.05, 3.63) is 29.3 Å². The van der Waals surface area contributed by atoms with E-state index in [-0.39, 0.29) is 5.41 Å². The van der Waals surface area contributed by atoms with E-state index in [9.17, 15) is 0 Å². The second-order valence-corrected chi connectivity index (χ2v) is 5.86. The maximum absolute atomic E-state index is 5.90. The van der Waals surface area contributed by atoms with Crippen LogP contribution in [0.2, 0.25) is 0 Å². The third-order valence-corrected chi connectivity index (χ3v) is 3.69. The van der Waals surface area contributed by atoms with Gasteiger partial charge in [0.1, 0.15) is 0 Å². The van der Waals surface area contributed by atoms with Crippen molar-refractivity contribution in [3.8, 4) is 0 Å². The molecule has 1 heterocycles. The number of anilines is 1. The maximum Gasteiger partial charge on any atom is 0.0474 e. The molecular formula is C15H24N2O. The van der Waals surface area contributed by atoms with Crippen molar-refractivity contribution in [2.45, 2.75) is 32.2 Å². The monoisotopic (exact) mass is 248 g/mol. The molecule has 0 aromatic heterocycles. The van der Waals surface area contributed by atoms with Crippen LogP contribution in [0.1, 0.15) is 31.4 Å². The van der Waals surface area contributed by atoms with Crippen molar-refractivity contribution in [1.82, 2.24) is 4.90 Å². The number of nitrogen functional groups attached to an aromatic ring is 1. The standard InChI is InChI=1S/C15H24N2O/c1-15(2)11-17(7-4-8-18-3)10-12-9-13(16)5-6-14(12)15/h5-6,9H,4,7-8,10-11,16H2,1-3H3. The van der Waals surface area contributed by atoms with Crippen LogP contribution < -0.4 is 5.73 Å². The Balaban J connectivity index is 2.14. The summed E-state index contributed by atoms with van der Waals surface area (Å²) >= 11 is 0. The molecule has 100 valence electrons. The van der Waals surface area contributed by atoms with Gasteiger partial charge in [-0.2, -0.15) is 0 Å². The number of hydrogen-bond acceptors (Lipinski definition) is 3. The number of nitrogens with two attached hydrogens (primary N) is 1. The van der Waals surface area contributed by atoms with E-state index in [0.29, 0.717) is 0 Å². The highest BCUT2D eigenvalue weighted by Crippen LogP contribution is 2.34. The van der Waals surface area contributed by atoms with E-state index in [0.717, 1.165) is 38.3 Å². The minimum absolute atomic E-state index is 0.203. The zero-order chi connectivity index (χ0) is 13.2. The first-order valence-corrected chi connectivity index (χ1v) is 6.63. The molecule has 0 radical (unpaired) electrons. The smallest absolute Gasteiger partial charge is 0.0474 e. The summed E-state index contributed by atoms with van der Waals surface area (Å²) < 4.78 is 5.13. The van der Waals surface area contributed by atoms with Crippen LogP contribution in [0.5, 0.6) is 0 Å². The molecule has 0 amide bonds. The Kier molecular flexibility index (Phi) is 3.93. The summed E-state index contributed by atoms with van der Waals surface area (Å²) in [6.07, 6.45) is 1.09. The van der Waals surface area contributed by atoms with E-state index in [2.05, 4.69) is 30.9 Å². The Hall–Kier alpha value is -1.06. The molecule has 0 spiro atoms. The topological polar surface area (TPSA) is 38.5 Å². The Morgan fingerprint density at radius 2 is 2.17 bits per heavy atom. The van der Waals surface area contributed by atoms with E-state index in [1.54, 1.807) is 7.11 Å². The number of benzene rings is 1.